The Bertz CT molecular complexity index is 671. The van der Waals surface area contributed by atoms with Gasteiger partial charge in [-0.1, -0.05) is 23.7 Å². The molecule has 2 aromatic carbocycles. The SMILES string of the molecule is Cc1cc(N)cc(C(=O)NC(C)c2ccc(Cl)cc2)c1F. The number of benzene rings is 2. The third-order valence-corrected chi connectivity index (χ3v) is 3.49. The predicted molar refractivity (Wildman–Crippen MR) is 82.9 cm³/mol. The standard InChI is InChI=1S/C16H16ClFN2O/c1-9-7-13(19)8-14(15(9)18)16(21)20-10(2)11-3-5-12(17)6-4-11/h3-8,10H,19H2,1-2H3,(H,20,21). The van der Waals surface area contributed by atoms with Gasteiger partial charge in [0.25, 0.3) is 5.91 Å². The van der Waals surface area contributed by atoms with Crippen LogP contribution in [0.15, 0.2) is 36.4 Å². The van der Waals surface area contributed by atoms with Crippen molar-refractivity contribution in [3.63, 3.8) is 0 Å². The summed E-state index contributed by atoms with van der Waals surface area (Å²) in [7, 11) is 0. The molecule has 3 N–H and O–H groups in total. The van der Waals surface area contributed by atoms with Crippen molar-refractivity contribution in [3.8, 4) is 0 Å². The Hall–Kier alpha value is -2.07. The highest BCUT2D eigenvalue weighted by Gasteiger charge is 2.17. The maximum atomic E-state index is 14.0. The highest BCUT2D eigenvalue weighted by molar-refractivity contribution is 6.30. The number of aryl methyl sites for hydroxylation is 1. The van der Waals surface area contributed by atoms with Gasteiger partial charge >= 0.3 is 0 Å². The molecule has 0 bridgehead atoms. The summed E-state index contributed by atoms with van der Waals surface area (Å²) in [6.45, 7) is 3.39. The zero-order valence-electron chi connectivity index (χ0n) is 11.8. The number of nitrogens with one attached hydrogen (secondary N) is 1. The maximum absolute atomic E-state index is 14.0. The van der Waals surface area contributed by atoms with Gasteiger partial charge < -0.3 is 11.1 Å². The lowest BCUT2D eigenvalue weighted by molar-refractivity contribution is 0.0935. The Labute approximate surface area is 127 Å². The van der Waals surface area contributed by atoms with E-state index >= 15 is 0 Å². The highest BCUT2D eigenvalue weighted by Crippen LogP contribution is 2.20. The summed E-state index contributed by atoms with van der Waals surface area (Å²) in [6.07, 6.45) is 0. The summed E-state index contributed by atoms with van der Waals surface area (Å²) in [6, 6.07) is 9.68. The first-order valence-corrected chi connectivity index (χ1v) is 6.88. The van der Waals surface area contributed by atoms with Gasteiger partial charge in [0.15, 0.2) is 0 Å². The van der Waals surface area contributed by atoms with Crippen LogP contribution in [0.3, 0.4) is 0 Å². The first-order chi connectivity index (χ1) is 9.88. The van der Waals surface area contributed by atoms with Crippen LogP contribution in [0.1, 0.15) is 34.5 Å². The third-order valence-electron chi connectivity index (χ3n) is 3.24. The van der Waals surface area contributed by atoms with E-state index in [1.807, 2.05) is 19.1 Å². The quantitative estimate of drug-likeness (QED) is 0.846. The molecule has 0 saturated carbocycles. The van der Waals surface area contributed by atoms with Gasteiger partial charge in [0.2, 0.25) is 0 Å². The third kappa shape index (κ3) is 3.52. The van der Waals surface area contributed by atoms with Crippen LogP contribution in [0, 0.1) is 12.7 Å². The Kier molecular flexibility index (Phi) is 4.48. The van der Waals surface area contributed by atoms with Crippen molar-refractivity contribution in [1.29, 1.82) is 0 Å². The zero-order chi connectivity index (χ0) is 15.6. The molecule has 110 valence electrons. The van der Waals surface area contributed by atoms with E-state index in [0.29, 0.717) is 16.3 Å². The second kappa shape index (κ2) is 6.14. The minimum atomic E-state index is -0.551. The molecule has 1 amide bonds. The van der Waals surface area contributed by atoms with E-state index in [4.69, 9.17) is 17.3 Å². The molecule has 3 nitrogen and oxygen atoms in total. The molecule has 5 heteroatoms. The van der Waals surface area contributed by atoms with Gasteiger partial charge in [0, 0.05) is 10.7 Å². The van der Waals surface area contributed by atoms with Crippen molar-refractivity contribution in [1.82, 2.24) is 5.32 Å². The first kappa shape index (κ1) is 15.3. The van der Waals surface area contributed by atoms with Crippen LogP contribution in [-0.2, 0) is 0 Å². The van der Waals surface area contributed by atoms with Crippen molar-refractivity contribution in [2.75, 3.05) is 5.73 Å². The average Bonchev–Trinajstić information content (AvgIpc) is 2.43. The number of hydrogen-bond acceptors (Lipinski definition) is 2. The summed E-state index contributed by atoms with van der Waals surface area (Å²) in [5.74, 6) is -1.05. The monoisotopic (exact) mass is 306 g/mol. The molecule has 0 aliphatic rings. The molecular formula is C16H16ClFN2O. The molecule has 0 radical (unpaired) electrons. The van der Waals surface area contributed by atoms with Gasteiger partial charge in [-0.2, -0.15) is 0 Å². The fourth-order valence-corrected chi connectivity index (χ4v) is 2.20. The summed E-state index contributed by atoms with van der Waals surface area (Å²) in [4.78, 5) is 12.2. The number of nitrogen functional groups attached to an aromatic ring is 1. The predicted octanol–water partition coefficient (Wildman–Crippen LogP) is 3.86. The maximum Gasteiger partial charge on any atom is 0.254 e. The van der Waals surface area contributed by atoms with Gasteiger partial charge in [-0.05, 0) is 49.2 Å². The second-order valence-electron chi connectivity index (χ2n) is 4.95. The molecule has 1 unspecified atom stereocenters. The normalized spacial score (nSPS) is 12.0. The number of halogens is 2. The Morgan fingerprint density at radius 2 is 1.90 bits per heavy atom. The van der Waals surface area contributed by atoms with E-state index < -0.39 is 11.7 Å². The van der Waals surface area contributed by atoms with Crippen molar-refractivity contribution in [2.45, 2.75) is 19.9 Å². The molecule has 1 atom stereocenters. The van der Waals surface area contributed by atoms with E-state index in [1.165, 1.54) is 12.1 Å². The van der Waals surface area contributed by atoms with Crippen LogP contribution in [0.2, 0.25) is 5.02 Å². The lowest BCUT2D eigenvalue weighted by Gasteiger charge is -2.15. The molecule has 0 fully saturated rings. The molecule has 21 heavy (non-hydrogen) atoms. The van der Waals surface area contributed by atoms with Gasteiger partial charge in [0.1, 0.15) is 5.82 Å². The molecule has 0 saturated heterocycles. The molecule has 0 aliphatic heterocycles. The second-order valence-corrected chi connectivity index (χ2v) is 5.38. The van der Waals surface area contributed by atoms with Crippen LogP contribution in [0.4, 0.5) is 10.1 Å². The van der Waals surface area contributed by atoms with Gasteiger partial charge in [-0.3, -0.25) is 4.79 Å². The van der Waals surface area contributed by atoms with Crippen LogP contribution in [0.5, 0.6) is 0 Å². The summed E-state index contributed by atoms with van der Waals surface area (Å²) in [5.41, 5.74) is 7.20. The molecule has 0 aromatic heterocycles. The average molecular weight is 307 g/mol. The highest BCUT2D eigenvalue weighted by atomic mass is 35.5. The van der Waals surface area contributed by atoms with Crippen LogP contribution in [-0.4, -0.2) is 5.91 Å². The Morgan fingerprint density at radius 1 is 1.29 bits per heavy atom. The zero-order valence-corrected chi connectivity index (χ0v) is 12.5. The Balaban J connectivity index is 2.20. The molecule has 0 heterocycles. The van der Waals surface area contributed by atoms with Crippen LogP contribution < -0.4 is 11.1 Å². The minimum absolute atomic E-state index is 0.0479. The number of carbonyl (C=O) groups is 1. The molecular weight excluding hydrogens is 291 g/mol. The first-order valence-electron chi connectivity index (χ1n) is 6.50. The van der Waals surface area contributed by atoms with Crippen molar-refractivity contribution in [3.05, 3.63) is 63.9 Å². The molecule has 0 aliphatic carbocycles. The fourth-order valence-electron chi connectivity index (χ4n) is 2.07. The fraction of sp³-hybridized carbons (Fsp3) is 0.188. The van der Waals surface area contributed by atoms with E-state index in [9.17, 15) is 9.18 Å². The number of rotatable bonds is 3. The number of amides is 1. The molecule has 2 aromatic rings. The lowest BCUT2D eigenvalue weighted by atomic mass is 10.1. The number of anilines is 1. The molecule has 2 rings (SSSR count). The smallest absolute Gasteiger partial charge is 0.254 e. The van der Waals surface area contributed by atoms with Crippen LogP contribution in [0.25, 0.3) is 0 Å². The van der Waals surface area contributed by atoms with Crippen LogP contribution >= 0.6 is 11.6 Å². The van der Waals surface area contributed by atoms with Gasteiger partial charge in [0.05, 0.1) is 11.6 Å². The largest absolute Gasteiger partial charge is 0.399 e. The summed E-state index contributed by atoms with van der Waals surface area (Å²) >= 11 is 5.82. The van der Waals surface area contributed by atoms with Crippen molar-refractivity contribution >= 4 is 23.2 Å². The molecule has 0 spiro atoms. The van der Waals surface area contributed by atoms with E-state index in [0.717, 1.165) is 5.56 Å². The minimum Gasteiger partial charge on any atom is -0.399 e. The lowest BCUT2D eigenvalue weighted by Crippen LogP contribution is -2.27. The topological polar surface area (TPSA) is 55.1 Å². The van der Waals surface area contributed by atoms with E-state index in [1.54, 1.807) is 19.1 Å². The number of hydrogen-bond donors (Lipinski definition) is 2. The van der Waals surface area contributed by atoms with E-state index in [-0.39, 0.29) is 11.6 Å². The summed E-state index contributed by atoms with van der Waals surface area (Å²) in [5, 5.41) is 3.37. The van der Waals surface area contributed by atoms with E-state index in [2.05, 4.69) is 5.32 Å². The van der Waals surface area contributed by atoms with Gasteiger partial charge in [-0.15, -0.1) is 0 Å². The number of nitrogens with two attached hydrogens (primary N) is 1. The summed E-state index contributed by atoms with van der Waals surface area (Å²) < 4.78 is 14.0. The van der Waals surface area contributed by atoms with Gasteiger partial charge in [-0.25, -0.2) is 4.39 Å². The number of carbonyl (C=O) groups excluding carboxylic acids is 1. The van der Waals surface area contributed by atoms with Crippen molar-refractivity contribution < 1.29 is 9.18 Å². The van der Waals surface area contributed by atoms with Crippen molar-refractivity contribution in [2.24, 2.45) is 0 Å². The Morgan fingerprint density at radius 3 is 2.52 bits per heavy atom.